The van der Waals surface area contributed by atoms with Gasteiger partial charge in [0.05, 0.1) is 19.8 Å². The minimum atomic E-state index is -0.396. The monoisotopic (exact) mass is 442 g/mol. The molecule has 0 radical (unpaired) electrons. The fourth-order valence-corrected chi connectivity index (χ4v) is 4.05. The lowest BCUT2D eigenvalue weighted by Crippen LogP contribution is -2.25. The molecule has 0 spiro atoms. The molecule has 0 aliphatic carbocycles. The molecule has 3 aromatic carbocycles. The molecule has 4 rings (SSSR count). The molecule has 2 N–H and O–H groups in total. The third kappa shape index (κ3) is 4.90. The van der Waals surface area contributed by atoms with E-state index >= 15 is 0 Å². The first kappa shape index (κ1) is 22.1. The lowest BCUT2D eigenvalue weighted by molar-refractivity contribution is -0.121. The van der Waals surface area contributed by atoms with Crippen LogP contribution in [-0.4, -0.2) is 31.1 Å². The van der Waals surface area contributed by atoms with Crippen molar-refractivity contribution in [3.05, 3.63) is 101 Å². The number of nitrogens with one attached hydrogen (secondary N) is 2. The van der Waals surface area contributed by atoms with Crippen LogP contribution in [0.3, 0.4) is 0 Å². The van der Waals surface area contributed by atoms with Gasteiger partial charge < -0.3 is 19.8 Å². The van der Waals surface area contributed by atoms with Crippen LogP contribution in [0.15, 0.2) is 79.0 Å². The molecule has 0 aliphatic heterocycles. The van der Waals surface area contributed by atoms with Crippen molar-refractivity contribution < 1.29 is 19.1 Å². The number of rotatable bonds is 8. The molecule has 0 fully saturated rings. The molecule has 168 valence electrons. The summed E-state index contributed by atoms with van der Waals surface area (Å²) in [5.41, 5.74) is 4.32. The number of esters is 1. The molecular formula is C27H26N2O4. The standard InChI is InChI=1S/C27H26N2O4/c1-32-24-10-6-9-23-26(24)22(17-28-23)21(19-11-13-20(14-12-19)27(31)33-2)15-25(30)29-16-18-7-4-3-5-8-18/h3-14,17,21,28H,15-16H2,1-2H3,(H,29,30)/t21-/m1/s1. The van der Waals surface area contributed by atoms with E-state index in [1.807, 2.05) is 66.9 Å². The second kappa shape index (κ2) is 10.0. The normalized spacial score (nSPS) is 11.7. The number of H-pyrrole nitrogens is 1. The highest BCUT2D eigenvalue weighted by atomic mass is 16.5. The molecule has 4 aromatic rings. The highest BCUT2D eigenvalue weighted by molar-refractivity contribution is 5.92. The third-order valence-corrected chi connectivity index (χ3v) is 5.75. The predicted molar refractivity (Wildman–Crippen MR) is 127 cm³/mol. The molecule has 0 saturated carbocycles. The van der Waals surface area contributed by atoms with Crippen LogP contribution in [0.4, 0.5) is 0 Å². The average Bonchev–Trinajstić information content (AvgIpc) is 3.30. The van der Waals surface area contributed by atoms with Gasteiger partial charge in [-0.25, -0.2) is 4.79 Å². The Morgan fingerprint density at radius 2 is 1.70 bits per heavy atom. The molecule has 1 atom stereocenters. The number of hydrogen-bond donors (Lipinski definition) is 2. The number of carbonyl (C=O) groups is 2. The van der Waals surface area contributed by atoms with Crippen molar-refractivity contribution >= 4 is 22.8 Å². The number of methoxy groups -OCH3 is 2. The summed E-state index contributed by atoms with van der Waals surface area (Å²) in [5.74, 6) is 0.0414. The Morgan fingerprint density at radius 3 is 2.39 bits per heavy atom. The van der Waals surface area contributed by atoms with Crippen molar-refractivity contribution in [3.8, 4) is 5.75 Å². The smallest absolute Gasteiger partial charge is 0.337 e. The molecular weight excluding hydrogens is 416 g/mol. The first-order valence-electron chi connectivity index (χ1n) is 10.7. The zero-order valence-electron chi connectivity index (χ0n) is 18.6. The summed E-state index contributed by atoms with van der Waals surface area (Å²) in [4.78, 5) is 28.1. The van der Waals surface area contributed by atoms with Crippen molar-refractivity contribution in [2.45, 2.75) is 18.9 Å². The zero-order valence-corrected chi connectivity index (χ0v) is 18.6. The third-order valence-electron chi connectivity index (χ3n) is 5.75. The molecule has 0 bridgehead atoms. The Balaban J connectivity index is 1.67. The van der Waals surface area contributed by atoms with Gasteiger partial charge in [-0.15, -0.1) is 0 Å². The van der Waals surface area contributed by atoms with Gasteiger partial charge in [0.1, 0.15) is 5.75 Å². The van der Waals surface area contributed by atoms with E-state index in [2.05, 4.69) is 10.3 Å². The maximum absolute atomic E-state index is 13.0. The summed E-state index contributed by atoms with van der Waals surface area (Å²) >= 11 is 0. The largest absolute Gasteiger partial charge is 0.496 e. The maximum Gasteiger partial charge on any atom is 0.337 e. The molecule has 33 heavy (non-hydrogen) atoms. The van der Waals surface area contributed by atoms with E-state index in [1.165, 1.54) is 7.11 Å². The number of ether oxygens (including phenoxy) is 2. The van der Waals surface area contributed by atoms with Crippen LogP contribution in [0.5, 0.6) is 5.75 Å². The number of amides is 1. The fourth-order valence-electron chi connectivity index (χ4n) is 4.05. The highest BCUT2D eigenvalue weighted by Crippen LogP contribution is 2.38. The number of aromatic nitrogens is 1. The van der Waals surface area contributed by atoms with Crippen LogP contribution in [0.25, 0.3) is 10.9 Å². The summed E-state index contributed by atoms with van der Waals surface area (Å²) in [6.07, 6.45) is 2.17. The second-order valence-corrected chi connectivity index (χ2v) is 7.76. The van der Waals surface area contributed by atoms with E-state index in [-0.39, 0.29) is 18.2 Å². The molecule has 6 nitrogen and oxygen atoms in total. The summed E-state index contributed by atoms with van der Waals surface area (Å²) in [5, 5.41) is 3.96. The zero-order chi connectivity index (χ0) is 23.2. The molecule has 1 aromatic heterocycles. The van der Waals surface area contributed by atoms with Gasteiger partial charge >= 0.3 is 5.97 Å². The quantitative estimate of drug-likeness (QED) is 0.384. The van der Waals surface area contributed by atoms with Crippen molar-refractivity contribution in [3.63, 3.8) is 0 Å². The van der Waals surface area contributed by atoms with Crippen LogP contribution in [0.2, 0.25) is 0 Å². The van der Waals surface area contributed by atoms with Crippen LogP contribution in [-0.2, 0) is 16.1 Å². The highest BCUT2D eigenvalue weighted by Gasteiger charge is 2.23. The topological polar surface area (TPSA) is 80.4 Å². The van der Waals surface area contributed by atoms with Crippen LogP contribution in [0.1, 0.15) is 39.4 Å². The maximum atomic E-state index is 13.0. The van der Waals surface area contributed by atoms with E-state index in [0.29, 0.717) is 12.1 Å². The summed E-state index contributed by atoms with van der Waals surface area (Å²) in [6, 6.07) is 22.8. The van der Waals surface area contributed by atoms with Gasteiger partial charge in [-0.1, -0.05) is 48.5 Å². The summed E-state index contributed by atoms with van der Waals surface area (Å²) in [7, 11) is 2.99. The molecule has 0 unspecified atom stereocenters. The molecule has 1 amide bonds. The number of fused-ring (bicyclic) bond motifs is 1. The van der Waals surface area contributed by atoms with Crippen molar-refractivity contribution in [1.29, 1.82) is 0 Å². The fraction of sp³-hybridized carbons (Fsp3) is 0.185. The Morgan fingerprint density at radius 1 is 0.939 bits per heavy atom. The van der Waals surface area contributed by atoms with Gasteiger partial charge in [0, 0.05) is 36.0 Å². The Kier molecular flexibility index (Phi) is 6.74. The second-order valence-electron chi connectivity index (χ2n) is 7.76. The first-order valence-corrected chi connectivity index (χ1v) is 10.7. The van der Waals surface area contributed by atoms with Gasteiger partial charge in [0.25, 0.3) is 0 Å². The minimum absolute atomic E-state index is 0.0647. The lowest BCUT2D eigenvalue weighted by Gasteiger charge is -2.18. The number of aromatic amines is 1. The van der Waals surface area contributed by atoms with Gasteiger partial charge in [-0.2, -0.15) is 0 Å². The minimum Gasteiger partial charge on any atom is -0.496 e. The predicted octanol–water partition coefficient (Wildman–Crippen LogP) is 4.80. The number of benzene rings is 3. The number of hydrogen-bond acceptors (Lipinski definition) is 4. The van der Waals surface area contributed by atoms with Crippen LogP contribution < -0.4 is 10.1 Å². The van der Waals surface area contributed by atoms with Crippen molar-refractivity contribution in [1.82, 2.24) is 10.3 Å². The van der Waals surface area contributed by atoms with Gasteiger partial charge in [0.2, 0.25) is 5.91 Å². The van der Waals surface area contributed by atoms with E-state index in [1.54, 1.807) is 19.2 Å². The Hall–Kier alpha value is -4.06. The van der Waals surface area contributed by atoms with Crippen molar-refractivity contribution in [2.24, 2.45) is 0 Å². The first-order chi connectivity index (χ1) is 16.1. The SMILES string of the molecule is COC(=O)c1ccc([C@@H](CC(=O)NCc2ccccc2)c2c[nH]c3cccc(OC)c23)cc1. The van der Waals surface area contributed by atoms with Crippen molar-refractivity contribution in [2.75, 3.05) is 14.2 Å². The molecule has 1 heterocycles. The number of carbonyl (C=O) groups excluding carboxylic acids is 2. The molecule has 6 heteroatoms. The van der Waals surface area contributed by atoms with Gasteiger partial charge in [0.15, 0.2) is 0 Å². The van der Waals surface area contributed by atoms with E-state index in [0.717, 1.165) is 33.3 Å². The lowest BCUT2D eigenvalue weighted by atomic mass is 9.87. The van der Waals surface area contributed by atoms with Crippen LogP contribution in [0, 0.1) is 0 Å². The average molecular weight is 443 g/mol. The van der Waals surface area contributed by atoms with E-state index in [4.69, 9.17) is 9.47 Å². The van der Waals surface area contributed by atoms with E-state index in [9.17, 15) is 9.59 Å². The summed E-state index contributed by atoms with van der Waals surface area (Å²) in [6.45, 7) is 0.463. The Bertz CT molecular complexity index is 1250. The summed E-state index contributed by atoms with van der Waals surface area (Å²) < 4.78 is 10.4. The Labute approximate surface area is 192 Å². The molecule has 0 saturated heterocycles. The van der Waals surface area contributed by atoms with Gasteiger partial charge in [-0.05, 0) is 41.0 Å². The van der Waals surface area contributed by atoms with Gasteiger partial charge in [-0.3, -0.25) is 4.79 Å². The molecule has 0 aliphatic rings. The van der Waals surface area contributed by atoms with E-state index < -0.39 is 5.97 Å². The van der Waals surface area contributed by atoms with Crippen LogP contribution >= 0.6 is 0 Å².